The molecule has 5 atom stereocenters. The zero-order valence-electron chi connectivity index (χ0n) is 9.51. The molecule has 0 aromatic rings. The van der Waals surface area contributed by atoms with Gasteiger partial charge in [-0.1, -0.05) is 0 Å². The number of amides is 2. The first kappa shape index (κ1) is 13.2. The molecule has 2 rings (SSSR count). The molecule has 0 bridgehead atoms. The van der Waals surface area contributed by atoms with Gasteiger partial charge in [-0.05, 0) is 6.08 Å². The molecule has 0 spiro atoms. The van der Waals surface area contributed by atoms with E-state index in [-0.39, 0.29) is 6.61 Å². The summed E-state index contributed by atoms with van der Waals surface area (Å²) in [5.41, 5.74) is 0. The van der Waals surface area contributed by atoms with Crippen molar-refractivity contribution < 1.29 is 30.0 Å². The van der Waals surface area contributed by atoms with Crippen LogP contribution in [0.25, 0.3) is 0 Å². The predicted octanol–water partition coefficient (Wildman–Crippen LogP) is -2.67. The molecule has 0 saturated carbocycles. The molecule has 8 nitrogen and oxygen atoms in total. The lowest BCUT2D eigenvalue weighted by atomic mass is 10.1. The van der Waals surface area contributed by atoms with Crippen LogP contribution in [0, 0.1) is 0 Å². The summed E-state index contributed by atoms with van der Waals surface area (Å²) in [6.45, 7) is -0.681. The summed E-state index contributed by atoms with van der Waals surface area (Å²) in [6, 6.07) is -1.03. The molecule has 2 aliphatic rings. The molecule has 2 amide bonds. The summed E-state index contributed by atoms with van der Waals surface area (Å²) >= 11 is 0. The SMILES string of the molecule is O=C1NC(CO)C=CN1C1O[C@H](CO)[C@@H](O)[C@H]1O. The fraction of sp³-hybridized carbons (Fsp3) is 0.700. The van der Waals surface area contributed by atoms with E-state index < -0.39 is 43.2 Å². The standard InChI is InChI=1S/C10H16N2O6/c13-3-5-1-2-12(10(17)11-5)9-8(16)7(15)6(4-14)18-9/h1-2,5-9,13-16H,3-4H2,(H,11,17)/t5?,6-,7-,8-,9?/m1/s1. The maximum absolute atomic E-state index is 11.7. The monoisotopic (exact) mass is 260 g/mol. The summed E-state index contributed by atoms with van der Waals surface area (Å²) in [4.78, 5) is 12.8. The first-order valence-corrected chi connectivity index (χ1v) is 5.59. The van der Waals surface area contributed by atoms with Gasteiger partial charge in [-0.2, -0.15) is 0 Å². The van der Waals surface area contributed by atoms with Crippen LogP contribution < -0.4 is 5.32 Å². The fourth-order valence-corrected chi connectivity index (χ4v) is 1.96. The Morgan fingerprint density at radius 3 is 2.50 bits per heavy atom. The first-order chi connectivity index (χ1) is 8.58. The Hall–Kier alpha value is -1.19. The number of urea groups is 1. The molecule has 1 saturated heterocycles. The van der Waals surface area contributed by atoms with Crippen molar-refractivity contribution in [3.8, 4) is 0 Å². The van der Waals surface area contributed by atoms with Gasteiger partial charge < -0.3 is 30.5 Å². The number of carbonyl (C=O) groups excluding carboxylic acids is 1. The molecule has 8 heteroatoms. The first-order valence-electron chi connectivity index (χ1n) is 5.59. The van der Waals surface area contributed by atoms with E-state index in [2.05, 4.69) is 5.32 Å². The number of nitrogens with zero attached hydrogens (tertiary/aromatic N) is 1. The van der Waals surface area contributed by atoms with Crippen LogP contribution in [0.5, 0.6) is 0 Å². The van der Waals surface area contributed by atoms with E-state index in [1.54, 1.807) is 0 Å². The van der Waals surface area contributed by atoms with Crippen LogP contribution in [-0.4, -0.2) is 75.2 Å². The highest BCUT2D eigenvalue weighted by molar-refractivity contribution is 5.77. The van der Waals surface area contributed by atoms with Crippen LogP contribution in [0.4, 0.5) is 4.79 Å². The Morgan fingerprint density at radius 1 is 1.28 bits per heavy atom. The highest BCUT2D eigenvalue weighted by atomic mass is 16.6. The van der Waals surface area contributed by atoms with E-state index in [1.807, 2.05) is 0 Å². The van der Waals surface area contributed by atoms with Gasteiger partial charge in [-0.3, -0.25) is 4.90 Å². The Balaban J connectivity index is 2.11. The van der Waals surface area contributed by atoms with Crippen molar-refractivity contribution in [2.45, 2.75) is 30.6 Å². The Labute approximate surface area is 103 Å². The Morgan fingerprint density at radius 2 is 2.00 bits per heavy atom. The maximum atomic E-state index is 11.7. The molecule has 2 unspecified atom stereocenters. The van der Waals surface area contributed by atoms with Crippen molar-refractivity contribution >= 4 is 6.03 Å². The van der Waals surface area contributed by atoms with Gasteiger partial charge in [0, 0.05) is 6.20 Å². The molecule has 102 valence electrons. The van der Waals surface area contributed by atoms with Gasteiger partial charge in [0.2, 0.25) is 0 Å². The molecule has 18 heavy (non-hydrogen) atoms. The highest BCUT2D eigenvalue weighted by Gasteiger charge is 2.46. The largest absolute Gasteiger partial charge is 0.394 e. The third kappa shape index (κ3) is 2.20. The minimum atomic E-state index is -1.30. The average Bonchev–Trinajstić information content (AvgIpc) is 2.66. The van der Waals surface area contributed by atoms with Gasteiger partial charge in [0.15, 0.2) is 6.23 Å². The summed E-state index contributed by atoms with van der Waals surface area (Å²) in [5, 5.41) is 39.7. The van der Waals surface area contributed by atoms with Gasteiger partial charge >= 0.3 is 6.03 Å². The van der Waals surface area contributed by atoms with Crippen molar-refractivity contribution in [2.24, 2.45) is 0 Å². The molecule has 0 aromatic carbocycles. The zero-order chi connectivity index (χ0) is 13.3. The summed E-state index contributed by atoms with van der Waals surface area (Å²) < 4.78 is 5.22. The second kappa shape index (κ2) is 5.21. The molecule has 0 aliphatic carbocycles. The summed E-state index contributed by atoms with van der Waals surface area (Å²) in [6.07, 6.45) is -1.63. The third-order valence-corrected chi connectivity index (χ3v) is 3.01. The average molecular weight is 260 g/mol. The third-order valence-electron chi connectivity index (χ3n) is 3.01. The molecule has 2 heterocycles. The minimum absolute atomic E-state index is 0.230. The number of ether oxygens (including phenoxy) is 1. The normalized spacial score (nSPS) is 40.1. The number of nitrogens with one attached hydrogen (secondary N) is 1. The van der Waals surface area contributed by atoms with E-state index in [4.69, 9.17) is 14.9 Å². The Bertz CT molecular complexity index is 349. The van der Waals surface area contributed by atoms with Crippen molar-refractivity contribution in [3.63, 3.8) is 0 Å². The van der Waals surface area contributed by atoms with Crippen molar-refractivity contribution in [2.75, 3.05) is 13.2 Å². The van der Waals surface area contributed by atoms with Crippen LogP contribution >= 0.6 is 0 Å². The molecule has 0 aromatic heterocycles. The molecular weight excluding hydrogens is 244 g/mol. The van der Waals surface area contributed by atoms with Gasteiger partial charge in [0.25, 0.3) is 0 Å². The molecular formula is C10H16N2O6. The van der Waals surface area contributed by atoms with E-state index in [1.165, 1.54) is 12.3 Å². The lowest BCUT2D eigenvalue weighted by molar-refractivity contribution is -0.0663. The topological polar surface area (TPSA) is 122 Å². The van der Waals surface area contributed by atoms with Crippen LogP contribution in [-0.2, 0) is 4.74 Å². The predicted molar refractivity (Wildman–Crippen MR) is 58.1 cm³/mol. The van der Waals surface area contributed by atoms with Gasteiger partial charge in [-0.25, -0.2) is 4.79 Å². The number of carbonyl (C=O) groups is 1. The lowest BCUT2D eigenvalue weighted by Gasteiger charge is -2.32. The zero-order valence-corrected chi connectivity index (χ0v) is 9.51. The van der Waals surface area contributed by atoms with Crippen LogP contribution in [0.3, 0.4) is 0 Å². The summed E-state index contributed by atoms with van der Waals surface area (Å²) in [7, 11) is 0. The van der Waals surface area contributed by atoms with Crippen LogP contribution in [0.2, 0.25) is 0 Å². The summed E-state index contributed by atoms with van der Waals surface area (Å²) in [5.74, 6) is 0. The van der Waals surface area contributed by atoms with Crippen molar-refractivity contribution in [1.82, 2.24) is 10.2 Å². The van der Waals surface area contributed by atoms with Gasteiger partial charge in [0.05, 0.1) is 19.3 Å². The second-order valence-corrected chi connectivity index (χ2v) is 4.22. The number of hydrogen-bond donors (Lipinski definition) is 5. The molecule has 1 fully saturated rings. The number of aliphatic hydroxyl groups is 4. The van der Waals surface area contributed by atoms with E-state index in [9.17, 15) is 15.0 Å². The van der Waals surface area contributed by atoms with Crippen molar-refractivity contribution in [1.29, 1.82) is 0 Å². The van der Waals surface area contributed by atoms with Gasteiger partial charge in [0.1, 0.15) is 18.3 Å². The fourth-order valence-electron chi connectivity index (χ4n) is 1.96. The minimum Gasteiger partial charge on any atom is -0.394 e. The van der Waals surface area contributed by atoms with E-state index in [0.29, 0.717) is 0 Å². The quantitative estimate of drug-likeness (QED) is 0.377. The van der Waals surface area contributed by atoms with Crippen molar-refractivity contribution in [3.05, 3.63) is 12.3 Å². The second-order valence-electron chi connectivity index (χ2n) is 4.22. The molecule has 0 radical (unpaired) electrons. The number of aliphatic hydroxyl groups excluding tert-OH is 4. The highest BCUT2D eigenvalue weighted by Crippen LogP contribution is 2.25. The van der Waals surface area contributed by atoms with E-state index >= 15 is 0 Å². The maximum Gasteiger partial charge on any atom is 0.324 e. The lowest BCUT2D eigenvalue weighted by Crippen LogP contribution is -2.53. The Kier molecular flexibility index (Phi) is 3.83. The number of rotatable bonds is 3. The number of hydrogen-bond acceptors (Lipinski definition) is 6. The van der Waals surface area contributed by atoms with Gasteiger partial charge in [-0.15, -0.1) is 0 Å². The molecule has 2 aliphatic heterocycles. The smallest absolute Gasteiger partial charge is 0.324 e. The van der Waals surface area contributed by atoms with Crippen LogP contribution in [0.1, 0.15) is 0 Å². The van der Waals surface area contributed by atoms with Crippen LogP contribution in [0.15, 0.2) is 12.3 Å². The molecule has 5 N–H and O–H groups in total. The van der Waals surface area contributed by atoms with E-state index in [0.717, 1.165) is 4.90 Å².